The van der Waals surface area contributed by atoms with Gasteiger partial charge in [0.25, 0.3) is 5.69 Å². The summed E-state index contributed by atoms with van der Waals surface area (Å²) < 4.78 is 2.80. The molecule has 0 radical (unpaired) electrons. The van der Waals surface area contributed by atoms with Gasteiger partial charge in [-0.15, -0.1) is 0 Å². The number of nitro benzene ring substituents is 1. The molecule has 3 N–H and O–H groups in total. The van der Waals surface area contributed by atoms with Gasteiger partial charge in [0.15, 0.2) is 5.78 Å². The zero-order chi connectivity index (χ0) is 17.9. The second kappa shape index (κ2) is 10.1. The smallest absolute Gasteiger partial charge is 0.280 e. The van der Waals surface area contributed by atoms with Crippen LogP contribution in [0.25, 0.3) is 0 Å². The fourth-order valence-corrected chi connectivity index (χ4v) is 2.21. The van der Waals surface area contributed by atoms with Crippen LogP contribution in [0.5, 0.6) is 0 Å². The molecule has 0 bridgehead atoms. The second-order valence-electron chi connectivity index (χ2n) is 4.55. The van der Waals surface area contributed by atoms with Gasteiger partial charge in [-0.1, -0.05) is 36.4 Å². The van der Waals surface area contributed by atoms with Crippen molar-refractivity contribution in [3.63, 3.8) is 0 Å². The lowest BCUT2D eigenvalue weighted by Crippen LogP contribution is -2.08. The van der Waals surface area contributed by atoms with Crippen molar-refractivity contribution in [2.75, 3.05) is 6.54 Å². The van der Waals surface area contributed by atoms with E-state index in [9.17, 15) is 14.9 Å². The van der Waals surface area contributed by atoms with Crippen LogP contribution in [0.4, 0.5) is 5.69 Å². The van der Waals surface area contributed by atoms with Crippen molar-refractivity contribution in [2.45, 2.75) is 6.42 Å². The molecule has 0 atom stereocenters. The van der Waals surface area contributed by atoms with Crippen molar-refractivity contribution in [1.29, 1.82) is 11.1 Å². The number of nitro groups is 1. The molecule has 0 heterocycles. The SMILES string of the molecule is N=[N+]=N.O=C(c1ccccc1)c1ccc(CCNBr)cc1[N+](=O)[O-]. The van der Waals surface area contributed by atoms with Gasteiger partial charge in [-0.05, 0) is 18.1 Å². The topological polar surface area (TPSA) is 134 Å². The molecule has 2 rings (SSSR count). The summed E-state index contributed by atoms with van der Waals surface area (Å²) in [6.07, 6.45) is 0.631. The number of nitrogens with zero attached hydrogens (tertiary/aromatic N) is 2. The standard InChI is InChI=1S/C15H13BrN2O3.H2N3/c16-17-9-8-11-6-7-13(14(10-11)18(20)21)15(19)12-4-2-1-3-5-12;1-3-2/h1-7,10,17H,8-9H2;1-2H/q;+1. The molecule has 2 aromatic carbocycles. The minimum absolute atomic E-state index is 0.113. The van der Waals surface area contributed by atoms with Crippen molar-refractivity contribution in [3.05, 3.63) is 75.3 Å². The first-order valence-electron chi connectivity index (χ1n) is 6.78. The first-order chi connectivity index (χ1) is 11.5. The lowest BCUT2D eigenvalue weighted by molar-refractivity contribution is -0.385. The predicted octanol–water partition coefficient (Wildman–Crippen LogP) is 3.38. The number of hydrogen-bond acceptors (Lipinski definition) is 6. The Morgan fingerprint density at radius 2 is 1.83 bits per heavy atom. The normalized spacial score (nSPS) is 9.38. The molecular weight excluding hydrogens is 378 g/mol. The maximum atomic E-state index is 12.4. The van der Waals surface area contributed by atoms with Gasteiger partial charge < -0.3 is 0 Å². The minimum Gasteiger partial charge on any atom is -0.288 e. The van der Waals surface area contributed by atoms with Gasteiger partial charge in [-0.2, -0.15) is 0 Å². The van der Waals surface area contributed by atoms with Gasteiger partial charge in [0, 0.05) is 34.3 Å². The summed E-state index contributed by atoms with van der Waals surface area (Å²) in [5.74, 6) is -0.340. The lowest BCUT2D eigenvalue weighted by Gasteiger charge is -2.05. The summed E-state index contributed by atoms with van der Waals surface area (Å²) in [4.78, 5) is 25.1. The quantitative estimate of drug-likeness (QED) is 0.173. The molecule has 0 aromatic heterocycles. The molecule has 0 spiro atoms. The molecule has 0 fully saturated rings. The van der Waals surface area contributed by atoms with Gasteiger partial charge in [-0.25, -0.2) is 0 Å². The molecule has 8 nitrogen and oxygen atoms in total. The second-order valence-corrected chi connectivity index (χ2v) is 5.11. The van der Waals surface area contributed by atoms with E-state index in [1.807, 2.05) is 4.91 Å². The Bertz CT molecular complexity index is 746. The third-order valence-corrected chi connectivity index (χ3v) is 3.44. The van der Waals surface area contributed by atoms with Gasteiger partial charge in [0.05, 0.1) is 4.92 Å². The monoisotopic (exact) mass is 392 g/mol. The lowest BCUT2D eigenvalue weighted by atomic mass is 9.99. The Balaban J connectivity index is 0.000000891. The van der Waals surface area contributed by atoms with Crippen LogP contribution in [0.2, 0.25) is 0 Å². The van der Waals surface area contributed by atoms with E-state index in [4.69, 9.17) is 11.1 Å². The van der Waals surface area contributed by atoms with E-state index in [1.54, 1.807) is 36.4 Å². The van der Waals surface area contributed by atoms with Crippen molar-refractivity contribution in [3.8, 4) is 0 Å². The highest BCUT2D eigenvalue weighted by Crippen LogP contribution is 2.23. The number of ketones is 1. The molecule has 0 saturated carbocycles. The van der Waals surface area contributed by atoms with E-state index in [1.165, 1.54) is 12.1 Å². The molecular formula is C15H15BrN5O3+. The molecule has 124 valence electrons. The Kier molecular flexibility index (Phi) is 8.14. The number of rotatable bonds is 6. The number of carbonyl (C=O) groups is 1. The third kappa shape index (κ3) is 5.47. The molecule has 0 aliphatic carbocycles. The highest BCUT2D eigenvalue weighted by Gasteiger charge is 2.21. The van der Waals surface area contributed by atoms with Crippen LogP contribution >= 0.6 is 16.1 Å². The maximum Gasteiger partial charge on any atom is 0.280 e. The van der Waals surface area contributed by atoms with Gasteiger partial charge in [0.1, 0.15) is 16.6 Å². The summed E-state index contributed by atoms with van der Waals surface area (Å²) in [6.45, 7) is 0.642. The van der Waals surface area contributed by atoms with Crippen LogP contribution in [-0.2, 0) is 6.42 Å². The number of halogens is 1. The van der Waals surface area contributed by atoms with E-state index in [0.717, 1.165) is 5.56 Å². The minimum atomic E-state index is -0.513. The average Bonchev–Trinajstić information content (AvgIpc) is 2.60. The first-order valence-corrected chi connectivity index (χ1v) is 7.58. The van der Waals surface area contributed by atoms with E-state index in [0.29, 0.717) is 18.5 Å². The van der Waals surface area contributed by atoms with E-state index in [-0.39, 0.29) is 17.0 Å². The number of nitrogens with one attached hydrogen (secondary N) is 3. The Morgan fingerprint density at radius 1 is 1.21 bits per heavy atom. The van der Waals surface area contributed by atoms with Crippen LogP contribution in [0, 0.1) is 21.2 Å². The number of hydrogen-bond donors (Lipinski definition) is 3. The summed E-state index contributed by atoms with van der Waals surface area (Å²) in [5, 5.41) is 11.2. The third-order valence-electron chi connectivity index (χ3n) is 3.05. The van der Waals surface area contributed by atoms with Gasteiger partial charge >= 0.3 is 0 Å². The van der Waals surface area contributed by atoms with Crippen LogP contribution < -0.4 is 9.25 Å². The average molecular weight is 393 g/mol. The van der Waals surface area contributed by atoms with E-state index < -0.39 is 4.92 Å². The molecule has 0 saturated heterocycles. The number of carbonyl (C=O) groups excluding carboxylic acids is 1. The molecule has 2 aromatic rings. The zero-order valence-electron chi connectivity index (χ0n) is 12.5. The predicted molar refractivity (Wildman–Crippen MR) is 91.2 cm³/mol. The van der Waals surface area contributed by atoms with Crippen LogP contribution in [0.1, 0.15) is 21.5 Å². The zero-order valence-corrected chi connectivity index (χ0v) is 14.1. The molecule has 0 aliphatic rings. The van der Waals surface area contributed by atoms with E-state index >= 15 is 0 Å². The fourth-order valence-electron chi connectivity index (χ4n) is 2.01. The van der Waals surface area contributed by atoms with E-state index in [2.05, 4.69) is 20.5 Å². The van der Waals surface area contributed by atoms with Crippen LogP contribution in [0.3, 0.4) is 0 Å². The van der Waals surface area contributed by atoms with Crippen molar-refractivity contribution >= 4 is 27.6 Å². The van der Waals surface area contributed by atoms with Crippen molar-refractivity contribution in [2.24, 2.45) is 0 Å². The fraction of sp³-hybridized carbons (Fsp3) is 0.133. The summed E-state index contributed by atoms with van der Waals surface area (Å²) in [5.41, 5.74) is 12.2. The van der Waals surface area contributed by atoms with Gasteiger partial charge in [-0.3, -0.25) is 19.3 Å². The Morgan fingerprint density at radius 3 is 2.38 bits per heavy atom. The summed E-state index contributed by atoms with van der Waals surface area (Å²) in [7, 11) is 0. The van der Waals surface area contributed by atoms with Crippen molar-refractivity contribution < 1.29 is 9.72 Å². The maximum absolute atomic E-state index is 12.4. The first kappa shape index (κ1) is 19.3. The number of benzene rings is 2. The molecule has 9 heteroatoms. The van der Waals surface area contributed by atoms with Crippen LogP contribution in [-0.4, -0.2) is 17.3 Å². The van der Waals surface area contributed by atoms with Crippen molar-refractivity contribution in [1.82, 2.24) is 9.25 Å². The molecule has 24 heavy (non-hydrogen) atoms. The Hall–Kier alpha value is -2.74. The summed E-state index contributed by atoms with van der Waals surface area (Å²) >= 11 is 3.08. The van der Waals surface area contributed by atoms with Gasteiger partial charge in [0.2, 0.25) is 4.91 Å². The molecule has 0 unspecified atom stereocenters. The molecule has 0 aliphatic heterocycles. The highest BCUT2D eigenvalue weighted by molar-refractivity contribution is 9.08. The molecule has 0 amide bonds. The van der Waals surface area contributed by atoms with Crippen LogP contribution in [0.15, 0.2) is 48.5 Å². The highest BCUT2D eigenvalue weighted by atomic mass is 79.9. The Labute approximate surface area is 146 Å². The largest absolute Gasteiger partial charge is 0.288 e. The summed E-state index contributed by atoms with van der Waals surface area (Å²) in [6, 6.07) is 13.3.